The van der Waals surface area contributed by atoms with Gasteiger partial charge >= 0.3 is 0 Å². The average molecular weight is 354 g/mol. The normalized spacial score (nSPS) is 19.3. The number of anilines is 1. The van der Waals surface area contributed by atoms with Crippen LogP contribution >= 0.6 is 0 Å². The van der Waals surface area contributed by atoms with Crippen molar-refractivity contribution >= 4 is 5.69 Å². The lowest BCUT2D eigenvalue weighted by molar-refractivity contribution is 0.0753. The Bertz CT molecular complexity index is 656. The summed E-state index contributed by atoms with van der Waals surface area (Å²) >= 11 is 0. The van der Waals surface area contributed by atoms with Gasteiger partial charge in [0.25, 0.3) is 0 Å². The zero-order valence-corrected chi connectivity index (χ0v) is 15.6. The molecule has 2 aromatic rings. The van der Waals surface area contributed by atoms with Gasteiger partial charge in [-0.25, -0.2) is 0 Å². The maximum atomic E-state index is 5.98. The van der Waals surface area contributed by atoms with Crippen LogP contribution in [0.15, 0.2) is 47.1 Å². The quantitative estimate of drug-likeness (QED) is 0.694. The molecule has 0 bridgehead atoms. The molecule has 0 spiro atoms. The van der Waals surface area contributed by atoms with Crippen molar-refractivity contribution in [2.45, 2.75) is 25.7 Å². The first-order valence-corrected chi connectivity index (χ1v) is 10.1. The zero-order valence-electron chi connectivity index (χ0n) is 15.6. The van der Waals surface area contributed by atoms with Crippen molar-refractivity contribution in [1.82, 2.24) is 4.90 Å². The molecule has 0 amide bonds. The second-order valence-electron chi connectivity index (χ2n) is 7.56. The van der Waals surface area contributed by atoms with Crippen molar-refractivity contribution in [3.8, 4) is 11.3 Å². The van der Waals surface area contributed by atoms with Crippen LogP contribution in [0.5, 0.6) is 0 Å². The largest absolute Gasteiger partial charge is 0.462 e. The predicted octanol–water partition coefficient (Wildman–Crippen LogP) is 4.28. The third-order valence-electron chi connectivity index (χ3n) is 5.74. The minimum Gasteiger partial charge on any atom is -0.462 e. The molecule has 0 radical (unpaired) electrons. The van der Waals surface area contributed by atoms with Gasteiger partial charge < -0.3 is 19.0 Å². The number of ether oxygens (including phenoxy) is 1. The number of furan rings is 1. The van der Waals surface area contributed by atoms with Crippen molar-refractivity contribution in [1.29, 1.82) is 0 Å². The molecule has 1 aromatic heterocycles. The second kappa shape index (κ2) is 8.74. The van der Waals surface area contributed by atoms with Crippen molar-refractivity contribution < 1.29 is 9.15 Å². The molecule has 26 heavy (non-hydrogen) atoms. The molecule has 4 heteroatoms. The number of likely N-dealkylation sites (tertiary alicyclic amines) is 1. The monoisotopic (exact) mass is 354 g/mol. The van der Waals surface area contributed by atoms with Gasteiger partial charge in [-0.3, -0.25) is 0 Å². The number of benzene rings is 1. The Hall–Kier alpha value is -1.78. The molecule has 2 saturated heterocycles. The lowest BCUT2D eigenvalue weighted by atomic mass is 9.97. The van der Waals surface area contributed by atoms with Crippen LogP contribution in [0, 0.1) is 5.92 Å². The van der Waals surface area contributed by atoms with E-state index in [9.17, 15) is 0 Å². The van der Waals surface area contributed by atoms with Gasteiger partial charge in [-0.2, -0.15) is 0 Å². The summed E-state index contributed by atoms with van der Waals surface area (Å²) in [6, 6.07) is 12.5. The minimum atomic E-state index is 0.692. The van der Waals surface area contributed by atoms with Crippen molar-refractivity contribution in [2.24, 2.45) is 5.92 Å². The van der Waals surface area contributed by atoms with E-state index in [-0.39, 0.29) is 0 Å². The molecular weight excluding hydrogens is 324 g/mol. The first-order valence-electron chi connectivity index (χ1n) is 10.1. The highest BCUT2D eigenvalue weighted by molar-refractivity contribution is 5.73. The number of nitrogens with zero attached hydrogens (tertiary/aromatic N) is 2. The van der Waals surface area contributed by atoms with Gasteiger partial charge in [0.15, 0.2) is 5.76 Å². The van der Waals surface area contributed by atoms with Crippen LogP contribution in [0.25, 0.3) is 11.3 Å². The van der Waals surface area contributed by atoms with Crippen LogP contribution in [0.1, 0.15) is 25.7 Å². The predicted molar refractivity (Wildman–Crippen MR) is 106 cm³/mol. The second-order valence-corrected chi connectivity index (χ2v) is 7.56. The van der Waals surface area contributed by atoms with Gasteiger partial charge in [-0.1, -0.05) is 30.3 Å². The summed E-state index contributed by atoms with van der Waals surface area (Å²) in [7, 11) is 0. The Kier molecular flexibility index (Phi) is 5.92. The van der Waals surface area contributed by atoms with Crippen LogP contribution in [0.3, 0.4) is 0 Å². The Morgan fingerprint density at radius 3 is 2.50 bits per heavy atom. The summed E-state index contributed by atoms with van der Waals surface area (Å²) in [5, 5.41) is 0. The van der Waals surface area contributed by atoms with E-state index in [1.54, 1.807) is 0 Å². The summed E-state index contributed by atoms with van der Waals surface area (Å²) in [5.74, 6) is 1.68. The molecule has 0 N–H and O–H groups in total. The zero-order chi connectivity index (χ0) is 17.6. The van der Waals surface area contributed by atoms with E-state index < -0.39 is 0 Å². The molecule has 0 unspecified atom stereocenters. The summed E-state index contributed by atoms with van der Waals surface area (Å²) in [5.41, 5.74) is 2.38. The van der Waals surface area contributed by atoms with E-state index in [2.05, 4.69) is 40.1 Å². The summed E-state index contributed by atoms with van der Waals surface area (Å²) in [6.45, 7) is 7.60. The van der Waals surface area contributed by atoms with Gasteiger partial charge in [-0.15, -0.1) is 0 Å². The van der Waals surface area contributed by atoms with Crippen molar-refractivity contribution in [3.05, 3.63) is 42.7 Å². The maximum absolute atomic E-state index is 5.98. The Morgan fingerprint density at radius 1 is 0.962 bits per heavy atom. The van der Waals surface area contributed by atoms with Crippen LogP contribution < -0.4 is 4.90 Å². The summed E-state index contributed by atoms with van der Waals surface area (Å²) in [6.07, 6.45) is 6.92. The molecule has 140 valence electrons. The highest BCUT2D eigenvalue weighted by Gasteiger charge is 2.23. The summed E-state index contributed by atoms with van der Waals surface area (Å²) < 4.78 is 11.8. The van der Waals surface area contributed by atoms with Crippen LogP contribution in [0.2, 0.25) is 0 Å². The third-order valence-corrected chi connectivity index (χ3v) is 5.74. The van der Waals surface area contributed by atoms with Gasteiger partial charge in [0.2, 0.25) is 0 Å². The van der Waals surface area contributed by atoms with E-state index in [4.69, 9.17) is 9.15 Å². The fourth-order valence-corrected chi connectivity index (χ4v) is 4.15. The molecule has 1 aromatic carbocycles. The van der Waals surface area contributed by atoms with E-state index in [1.807, 2.05) is 12.3 Å². The maximum Gasteiger partial charge on any atom is 0.157 e. The van der Waals surface area contributed by atoms with Crippen LogP contribution in [-0.2, 0) is 4.74 Å². The molecule has 0 saturated carbocycles. The van der Waals surface area contributed by atoms with Gasteiger partial charge in [0, 0.05) is 37.9 Å². The lowest BCUT2D eigenvalue weighted by Crippen LogP contribution is -2.35. The minimum absolute atomic E-state index is 0.692. The Morgan fingerprint density at radius 2 is 1.73 bits per heavy atom. The SMILES string of the molecule is c1ccc(-c2occc2N2CCC(COCCN3CCCC3)CC2)cc1. The highest BCUT2D eigenvalue weighted by Crippen LogP contribution is 2.34. The molecule has 4 rings (SSSR count). The molecule has 3 heterocycles. The number of piperidine rings is 1. The first-order chi connectivity index (χ1) is 12.9. The van der Waals surface area contributed by atoms with E-state index in [0.29, 0.717) is 5.92 Å². The third kappa shape index (κ3) is 4.30. The number of hydrogen-bond acceptors (Lipinski definition) is 4. The van der Waals surface area contributed by atoms with E-state index >= 15 is 0 Å². The highest BCUT2D eigenvalue weighted by atomic mass is 16.5. The van der Waals surface area contributed by atoms with Crippen LogP contribution in [0.4, 0.5) is 5.69 Å². The summed E-state index contributed by atoms with van der Waals surface area (Å²) in [4.78, 5) is 4.99. The van der Waals surface area contributed by atoms with Gasteiger partial charge in [0.1, 0.15) is 0 Å². The van der Waals surface area contributed by atoms with Gasteiger partial charge in [0.05, 0.1) is 18.6 Å². The fourth-order valence-electron chi connectivity index (χ4n) is 4.15. The fraction of sp³-hybridized carbons (Fsp3) is 0.545. The molecule has 2 aliphatic heterocycles. The van der Waals surface area contributed by atoms with Crippen molar-refractivity contribution in [3.63, 3.8) is 0 Å². The topological polar surface area (TPSA) is 28.9 Å². The molecule has 4 nitrogen and oxygen atoms in total. The Balaban J connectivity index is 1.23. The first kappa shape index (κ1) is 17.6. The lowest BCUT2D eigenvalue weighted by Gasteiger charge is -2.33. The van der Waals surface area contributed by atoms with Gasteiger partial charge in [-0.05, 0) is 44.7 Å². The molecule has 0 atom stereocenters. The van der Waals surface area contributed by atoms with Crippen LogP contribution in [-0.4, -0.2) is 50.8 Å². The standard InChI is InChI=1S/C22H30N2O2/c1-2-6-20(7-3-1)22-21(10-16-26-22)24-13-8-19(9-14-24)18-25-17-15-23-11-4-5-12-23/h1-3,6-7,10,16,19H,4-5,8-9,11-15,17-18H2. The molecule has 2 fully saturated rings. The smallest absolute Gasteiger partial charge is 0.157 e. The molecule has 0 aliphatic carbocycles. The van der Waals surface area contributed by atoms with Crippen molar-refractivity contribution in [2.75, 3.05) is 50.8 Å². The average Bonchev–Trinajstić information content (AvgIpc) is 3.38. The molecular formula is C22H30N2O2. The molecule has 2 aliphatic rings. The van der Waals surface area contributed by atoms with E-state index in [0.717, 1.165) is 44.2 Å². The van der Waals surface area contributed by atoms with E-state index in [1.165, 1.54) is 44.5 Å². The number of rotatable bonds is 7. The Labute approximate surface area is 156 Å². The number of hydrogen-bond donors (Lipinski definition) is 0.